The van der Waals surface area contributed by atoms with Crippen LogP contribution in [0.2, 0.25) is 0 Å². The first kappa shape index (κ1) is 12.9. The zero-order valence-corrected chi connectivity index (χ0v) is 11.9. The summed E-state index contributed by atoms with van der Waals surface area (Å²) in [6.07, 6.45) is 0.895. The largest absolute Gasteiger partial charge is 0.333 e. The van der Waals surface area contributed by atoms with Crippen molar-refractivity contribution in [1.29, 1.82) is 0 Å². The van der Waals surface area contributed by atoms with Crippen molar-refractivity contribution in [2.75, 3.05) is 6.54 Å². The number of hydrogen-bond donors (Lipinski definition) is 1. The molecule has 0 saturated carbocycles. The van der Waals surface area contributed by atoms with Crippen molar-refractivity contribution in [2.45, 2.75) is 46.2 Å². The van der Waals surface area contributed by atoms with Crippen LogP contribution in [0.1, 0.15) is 37.7 Å². The first-order valence-corrected chi connectivity index (χ1v) is 6.36. The van der Waals surface area contributed by atoms with E-state index in [9.17, 15) is 4.79 Å². The Morgan fingerprint density at radius 1 is 1.39 bits per heavy atom. The van der Waals surface area contributed by atoms with Gasteiger partial charge in [-0.2, -0.15) is 5.10 Å². The molecule has 1 aromatic rings. The van der Waals surface area contributed by atoms with Gasteiger partial charge in [0.05, 0.1) is 17.9 Å². The van der Waals surface area contributed by atoms with Gasteiger partial charge in [0.2, 0.25) is 0 Å². The standard InChI is InChI=1S/C13H22N4O/c1-9-10-6-7-17(8-11(10)16(5)15-9)12(18)14-13(2,3)4/h6-8H2,1-5H3,(H,14,18). The molecule has 2 heterocycles. The van der Waals surface area contributed by atoms with E-state index in [2.05, 4.69) is 10.4 Å². The first-order chi connectivity index (χ1) is 8.28. The summed E-state index contributed by atoms with van der Waals surface area (Å²) in [7, 11) is 1.94. The van der Waals surface area contributed by atoms with Gasteiger partial charge in [-0.15, -0.1) is 0 Å². The molecule has 0 bridgehead atoms. The predicted molar refractivity (Wildman–Crippen MR) is 70.3 cm³/mol. The molecular formula is C13H22N4O. The molecule has 0 atom stereocenters. The molecule has 2 amide bonds. The minimum Gasteiger partial charge on any atom is -0.333 e. The quantitative estimate of drug-likeness (QED) is 0.760. The number of rotatable bonds is 0. The second-order valence-corrected chi connectivity index (χ2v) is 5.99. The van der Waals surface area contributed by atoms with E-state index in [4.69, 9.17) is 0 Å². The molecule has 5 heteroatoms. The summed E-state index contributed by atoms with van der Waals surface area (Å²) in [5, 5.41) is 7.42. The highest BCUT2D eigenvalue weighted by Gasteiger charge is 2.26. The number of nitrogens with one attached hydrogen (secondary N) is 1. The van der Waals surface area contributed by atoms with Gasteiger partial charge >= 0.3 is 6.03 Å². The maximum atomic E-state index is 12.1. The second kappa shape index (κ2) is 4.30. The van der Waals surface area contributed by atoms with Crippen LogP contribution in [0.25, 0.3) is 0 Å². The lowest BCUT2D eigenvalue weighted by molar-refractivity contribution is 0.181. The summed E-state index contributed by atoms with van der Waals surface area (Å²) in [6, 6.07) is 0.00648. The monoisotopic (exact) mass is 250 g/mol. The van der Waals surface area contributed by atoms with Crippen LogP contribution in [0.3, 0.4) is 0 Å². The maximum absolute atomic E-state index is 12.1. The fourth-order valence-electron chi connectivity index (χ4n) is 2.35. The van der Waals surface area contributed by atoms with Crippen LogP contribution in [-0.2, 0) is 20.0 Å². The van der Waals surface area contributed by atoms with Crippen LogP contribution in [-0.4, -0.2) is 32.8 Å². The van der Waals surface area contributed by atoms with Gasteiger partial charge in [0.25, 0.3) is 0 Å². The van der Waals surface area contributed by atoms with Gasteiger partial charge in [-0.1, -0.05) is 0 Å². The zero-order chi connectivity index (χ0) is 13.5. The van der Waals surface area contributed by atoms with Crippen LogP contribution < -0.4 is 5.32 Å². The summed E-state index contributed by atoms with van der Waals surface area (Å²) < 4.78 is 1.89. The molecule has 0 saturated heterocycles. The van der Waals surface area contributed by atoms with E-state index in [-0.39, 0.29) is 11.6 Å². The van der Waals surface area contributed by atoms with E-state index in [0.717, 1.165) is 24.4 Å². The molecular weight excluding hydrogens is 228 g/mol. The molecule has 1 aliphatic rings. The average molecular weight is 250 g/mol. The lowest BCUT2D eigenvalue weighted by Crippen LogP contribution is -2.49. The van der Waals surface area contributed by atoms with Gasteiger partial charge in [0.1, 0.15) is 0 Å². The van der Waals surface area contributed by atoms with Crippen molar-refractivity contribution in [2.24, 2.45) is 7.05 Å². The molecule has 0 aliphatic carbocycles. The van der Waals surface area contributed by atoms with Crippen molar-refractivity contribution in [1.82, 2.24) is 20.0 Å². The van der Waals surface area contributed by atoms with Crippen molar-refractivity contribution in [3.8, 4) is 0 Å². The van der Waals surface area contributed by atoms with Crippen molar-refractivity contribution >= 4 is 6.03 Å². The Morgan fingerprint density at radius 3 is 2.67 bits per heavy atom. The molecule has 0 radical (unpaired) electrons. The van der Waals surface area contributed by atoms with Gasteiger partial charge < -0.3 is 10.2 Å². The molecule has 0 spiro atoms. The number of hydrogen-bond acceptors (Lipinski definition) is 2. The maximum Gasteiger partial charge on any atom is 0.318 e. The van der Waals surface area contributed by atoms with Crippen LogP contribution in [0.5, 0.6) is 0 Å². The highest BCUT2D eigenvalue weighted by molar-refractivity contribution is 5.75. The number of carbonyl (C=O) groups excluding carboxylic acids is 1. The fourth-order valence-corrected chi connectivity index (χ4v) is 2.35. The molecule has 0 aromatic carbocycles. The third kappa shape index (κ3) is 2.49. The molecule has 1 aliphatic heterocycles. The first-order valence-electron chi connectivity index (χ1n) is 6.36. The number of nitrogens with zero attached hydrogens (tertiary/aromatic N) is 3. The van der Waals surface area contributed by atoms with E-state index >= 15 is 0 Å². The van der Waals surface area contributed by atoms with E-state index in [1.807, 2.05) is 44.3 Å². The Morgan fingerprint density at radius 2 is 2.06 bits per heavy atom. The highest BCUT2D eigenvalue weighted by Crippen LogP contribution is 2.21. The van der Waals surface area contributed by atoms with Crippen molar-refractivity contribution < 1.29 is 4.79 Å². The number of urea groups is 1. The third-order valence-electron chi connectivity index (χ3n) is 3.22. The zero-order valence-electron chi connectivity index (χ0n) is 11.9. The summed E-state index contributed by atoms with van der Waals surface area (Å²) >= 11 is 0. The average Bonchev–Trinajstić information content (AvgIpc) is 2.52. The van der Waals surface area contributed by atoms with E-state index in [1.54, 1.807) is 0 Å². The molecule has 2 rings (SSSR count). The third-order valence-corrected chi connectivity index (χ3v) is 3.22. The minimum atomic E-state index is -0.195. The number of amides is 2. The SMILES string of the molecule is Cc1nn(C)c2c1CCN(C(=O)NC(C)(C)C)C2. The van der Waals surface area contributed by atoms with Gasteiger partial charge in [-0.3, -0.25) is 4.68 Å². The van der Waals surface area contributed by atoms with Crippen molar-refractivity contribution in [3.05, 3.63) is 17.0 Å². The van der Waals surface area contributed by atoms with Gasteiger partial charge in [-0.25, -0.2) is 4.79 Å². The molecule has 5 nitrogen and oxygen atoms in total. The molecule has 100 valence electrons. The van der Waals surface area contributed by atoms with Gasteiger partial charge in [-0.05, 0) is 39.7 Å². The number of aromatic nitrogens is 2. The fraction of sp³-hybridized carbons (Fsp3) is 0.692. The minimum absolute atomic E-state index is 0.00648. The van der Waals surface area contributed by atoms with Crippen LogP contribution in [0.4, 0.5) is 4.79 Å². The summed E-state index contributed by atoms with van der Waals surface area (Å²) in [6.45, 7) is 9.43. The topological polar surface area (TPSA) is 50.2 Å². The summed E-state index contributed by atoms with van der Waals surface area (Å²) in [5.74, 6) is 0. The van der Waals surface area contributed by atoms with Crippen LogP contribution in [0, 0.1) is 6.92 Å². The predicted octanol–water partition coefficient (Wildman–Crippen LogP) is 1.59. The summed E-state index contributed by atoms with van der Waals surface area (Å²) in [5.41, 5.74) is 3.35. The normalized spacial score (nSPS) is 15.5. The number of fused-ring (bicyclic) bond motifs is 1. The number of aryl methyl sites for hydroxylation is 2. The second-order valence-electron chi connectivity index (χ2n) is 5.99. The Kier molecular flexibility index (Phi) is 3.09. The Hall–Kier alpha value is -1.52. The molecule has 0 unspecified atom stereocenters. The Balaban J connectivity index is 2.12. The lowest BCUT2D eigenvalue weighted by Gasteiger charge is -2.31. The lowest BCUT2D eigenvalue weighted by atomic mass is 10.0. The Labute approximate surface area is 108 Å². The van der Waals surface area contributed by atoms with E-state index in [1.165, 1.54) is 5.56 Å². The van der Waals surface area contributed by atoms with E-state index < -0.39 is 0 Å². The number of carbonyl (C=O) groups is 1. The molecule has 1 aromatic heterocycles. The smallest absolute Gasteiger partial charge is 0.318 e. The molecule has 1 N–H and O–H groups in total. The van der Waals surface area contributed by atoms with E-state index in [0.29, 0.717) is 6.54 Å². The van der Waals surface area contributed by atoms with Crippen LogP contribution in [0.15, 0.2) is 0 Å². The molecule has 0 fully saturated rings. The van der Waals surface area contributed by atoms with Crippen molar-refractivity contribution in [3.63, 3.8) is 0 Å². The highest BCUT2D eigenvalue weighted by atomic mass is 16.2. The van der Waals surface area contributed by atoms with Gasteiger partial charge in [0.15, 0.2) is 0 Å². The molecule has 18 heavy (non-hydrogen) atoms. The van der Waals surface area contributed by atoms with Gasteiger partial charge in [0, 0.05) is 19.1 Å². The summed E-state index contributed by atoms with van der Waals surface area (Å²) in [4.78, 5) is 14.0. The Bertz CT molecular complexity index is 470. The van der Waals surface area contributed by atoms with Crippen LogP contribution >= 0.6 is 0 Å².